The van der Waals surface area contributed by atoms with E-state index in [1.54, 1.807) is 42.5 Å². The third kappa shape index (κ3) is 4.41. The van der Waals surface area contributed by atoms with E-state index < -0.39 is 5.97 Å². The van der Waals surface area contributed by atoms with Gasteiger partial charge >= 0.3 is 5.97 Å². The van der Waals surface area contributed by atoms with Gasteiger partial charge in [0, 0.05) is 16.7 Å². The first kappa shape index (κ1) is 19.2. The van der Waals surface area contributed by atoms with Gasteiger partial charge in [-0.25, -0.2) is 4.79 Å². The molecule has 0 N–H and O–H groups in total. The van der Waals surface area contributed by atoms with Crippen LogP contribution in [0.5, 0.6) is 0 Å². The normalized spacial score (nSPS) is 10.4. The van der Waals surface area contributed by atoms with Crippen molar-refractivity contribution >= 4 is 17.5 Å². The second-order valence-corrected chi connectivity index (χ2v) is 6.59. The van der Waals surface area contributed by atoms with Crippen LogP contribution in [0.25, 0.3) is 0 Å². The highest BCUT2D eigenvalue weighted by Gasteiger charge is 2.15. The summed E-state index contributed by atoms with van der Waals surface area (Å²) in [7, 11) is 0. The molecule has 4 heteroatoms. The Kier molecular flexibility index (Phi) is 5.80. The van der Waals surface area contributed by atoms with Crippen LogP contribution >= 0.6 is 0 Å². The minimum Gasteiger partial charge on any atom is -0.454 e. The molecule has 0 unspecified atom stereocenters. The van der Waals surface area contributed by atoms with Crippen molar-refractivity contribution in [3.05, 3.63) is 106 Å². The number of Topliss-reactive ketones (excluding diaryl/α,β-unsaturated/α-hetero) is 1. The molecule has 0 heterocycles. The smallest absolute Gasteiger partial charge is 0.338 e. The topological polar surface area (TPSA) is 60.4 Å². The lowest BCUT2D eigenvalue weighted by atomic mass is 10.0. The average Bonchev–Trinajstić information content (AvgIpc) is 2.73. The van der Waals surface area contributed by atoms with Gasteiger partial charge in [0.25, 0.3) is 0 Å². The molecule has 0 aliphatic carbocycles. The van der Waals surface area contributed by atoms with Crippen LogP contribution in [0, 0.1) is 13.8 Å². The van der Waals surface area contributed by atoms with Gasteiger partial charge in [-0.15, -0.1) is 0 Å². The molecule has 0 saturated heterocycles. The van der Waals surface area contributed by atoms with Gasteiger partial charge in [-0.3, -0.25) is 9.59 Å². The van der Waals surface area contributed by atoms with Crippen LogP contribution in [0.2, 0.25) is 0 Å². The van der Waals surface area contributed by atoms with Crippen molar-refractivity contribution in [1.29, 1.82) is 0 Å². The highest BCUT2D eigenvalue weighted by molar-refractivity contribution is 6.09. The maximum absolute atomic E-state index is 12.4. The second-order valence-electron chi connectivity index (χ2n) is 6.59. The molecule has 4 nitrogen and oxygen atoms in total. The highest BCUT2D eigenvalue weighted by atomic mass is 16.5. The third-order valence-electron chi connectivity index (χ3n) is 4.45. The van der Waals surface area contributed by atoms with Crippen molar-refractivity contribution in [2.75, 3.05) is 6.61 Å². The van der Waals surface area contributed by atoms with Crippen LogP contribution in [-0.4, -0.2) is 24.1 Å². The molecule has 0 spiro atoms. The minimum atomic E-state index is -0.600. The Labute approximate surface area is 163 Å². The molecule has 0 radical (unpaired) electrons. The molecule has 3 aromatic carbocycles. The minimum absolute atomic E-state index is 0.120. The number of ether oxygens (including phenoxy) is 1. The van der Waals surface area contributed by atoms with Crippen molar-refractivity contribution in [2.24, 2.45) is 0 Å². The first-order valence-electron chi connectivity index (χ1n) is 8.93. The van der Waals surface area contributed by atoms with E-state index in [9.17, 15) is 14.4 Å². The molecule has 0 saturated carbocycles. The van der Waals surface area contributed by atoms with Gasteiger partial charge < -0.3 is 4.74 Å². The molecular weight excluding hydrogens is 352 g/mol. The summed E-state index contributed by atoms with van der Waals surface area (Å²) in [6.07, 6.45) is 0. The summed E-state index contributed by atoms with van der Waals surface area (Å²) in [6.45, 7) is 3.42. The van der Waals surface area contributed by atoms with Crippen LogP contribution in [0.15, 0.2) is 72.8 Å². The van der Waals surface area contributed by atoms with Crippen LogP contribution < -0.4 is 0 Å². The number of esters is 1. The lowest BCUT2D eigenvalue weighted by Crippen LogP contribution is -2.15. The van der Waals surface area contributed by atoms with Crippen molar-refractivity contribution in [3.63, 3.8) is 0 Å². The standard InChI is InChI=1S/C24H20O4/c1-16-8-9-17(2)21(14-16)22(25)15-28-24(27)20-12-10-19(11-13-20)23(26)18-6-4-3-5-7-18/h3-14H,15H2,1-2H3. The zero-order chi connectivity index (χ0) is 20.1. The van der Waals surface area contributed by atoms with Gasteiger partial charge in [0.1, 0.15) is 0 Å². The fraction of sp³-hybridized carbons (Fsp3) is 0.125. The van der Waals surface area contributed by atoms with Gasteiger partial charge in [0.05, 0.1) is 5.56 Å². The van der Waals surface area contributed by atoms with E-state index in [1.165, 1.54) is 12.1 Å². The van der Waals surface area contributed by atoms with Gasteiger partial charge in [-0.1, -0.05) is 60.2 Å². The predicted molar refractivity (Wildman–Crippen MR) is 107 cm³/mol. The number of aryl methyl sites for hydroxylation is 2. The summed E-state index contributed by atoms with van der Waals surface area (Å²) in [6, 6.07) is 20.7. The van der Waals surface area contributed by atoms with Crippen molar-refractivity contribution in [3.8, 4) is 0 Å². The molecule has 28 heavy (non-hydrogen) atoms. The molecule has 0 aliphatic heterocycles. The highest BCUT2D eigenvalue weighted by Crippen LogP contribution is 2.14. The van der Waals surface area contributed by atoms with Crippen LogP contribution in [0.3, 0.4) is 0 Å². The second kappa shape index (κ2) is 8.44. The van der Waals surface area contributed by atoms with E-state index in [1.807, 2.05) is 32.0 Å². The van der Waals surface area contributed by atoms with Gasteiger partial charge in [0.2, 0.25) is 5.78 Å². The zero-order valence-electron chi connectivity index (χ0n) is 15.8. The van der Waals surface area contributed by atoms with Crippen LogP contribution in [0.1, 0.15) is 47.8 Å². The van der Waals surface area contributed by atoms with Gasteiger partial charge in [0.15, 0.2) is 12.4 Å². The van der Waals surface area contributed by atoms with E-state index in [4.69, 9.17) is 4.74 Å². The Hall–Kier alpha value is -3.53. The molecule has 0 fully saturated rings. The third-order valence-corrected chi connectivity index (χ3v) is 4.45. The van der Waals surface area contributed by atoms with E-state index in [2.05, 4.69) is 0 Å². The summed E-state index contributed by atoms with van der Waals surface area (Å²) < 4.78 is 5.15. The number of rotatable bonds is 6. The number of ketones is 2. The number of hydrogen-bond donors (Lipinski definition) is 0. The maximum atomic E-state index is 12.4. The Balaban J connectivity index is 1.64. The molecular formula is C24H20O4. The fourth-order valence-corrected chi connectivity index (χ4v) is 2.84. The summed E-state index contributed by atoms with van der Waals surface area (Å²) in [5, 5.41) is 0. The Morgan fingerprint density at radius 2 is 1.36 bits per heavy atom. The first-order chi connectivity index (χ1) is 13.5. The molecule has 0 aromatic heterocycles. The number of carbonyl (C=O) groups excluding carboxylic acids is 3. The van der Waals surface area contributed by atoms with Crippen molar-refractivity contribution in [2.45, 2.75) is 13.8 Å². The average molecular weight is 372 g/mol. The number of benzene rings is 3. The van der Waals surface area contributed by atoms with E-state index in [0.29, 0.717) is 22.3 Å². The Morgan fingerprint density at radius 3 is 2.04 bits per heavy atom. The van der Waals surface area contributed by atoms with Crippen molar-refractivity contribution in [1.82, 2.24) is 0 Å². The SMILES string of the molecule is Cc1ccc(C)c(C(=O)COC(=O)c2ccc(C(=O)c3ccccc3)cc2)c1. The molecule has 3 rings (SSSR count). The summed E-state index contributed by atoms with van der Waals surface area (Å²) in [4.78, 5) is 37.0. The van der Waals surface area contributed by atoms with E-state index in [-0.39, 0.29) is 18.2 Å². The van der Waals surface area contributed by atoms with Crippen molar-refractivity contribution < 1.29 is 19.1 Å². The number of carbonyl (C=O) groups is 3. The molecule has 3 aromatic rings. The Morgan fingerprint density at radius 1 is 0.750 bits per heavy atom. The Bertz CT molecular complexity index is 1020. The zero-order valence-corrected chi connectivity index (χ0v) is 15.8. The lowest BCUT2D eigenvalue weighted by Gasteiger charge is -2.08. The largest absolute Gasteiger partial charge is 0.454 e. The quantitative estimate of drug-likeness (QED) is 0.470. The monoisotopic (exact) mass is 372 g/mol. The molecule has 0 amide bonds. The maximum Gasteiger partial charge on any atom is 0.338 e. The predicted octanol–water partition coefficient (Wildman–Crippen LogP) is 4.57. The van der Waals surface area contributed by atoms with E-state index >= 15 is 0 Å². The lowest BCUT2D eigenvalue weighted by molar-refractivity contribution is 0.0474. The first-order valence-corrected chi connectivity index (χ1v) is 8.93. The van der Waals surface area contributed by atoms with Crippen LogP contribution in [-0.2, 0) is 4.74 Å². The number of hydrogen-bond acceptors (Lipinski definition) is 4. The summed E-state index contributed by atoms with van der Waals surface area (Å²) in [5.74, 6) is -0.964. The molecule has 0 bridgehead atoms. The fourth-order valence-electron chi connectivity index (χ4n) is 2.84. The molecule has 0 aliphatic rings. The van der Waals surface area contributed by atoms with Gasteiger partial charge in [-0.05, 0) is 37.6 Å². The molecule has 0 atom stereocenters. The van der Waals surface area contributed by atoms with Gasteiger partial charge in [-0.2, -0.15) is 0 Å². The summed E-state index contributed by atoms with van der Waals surface area (Å²) >= 11 is 0. The van der Waals surface area contributed by atoms with E-state index in [0.717, 1.165) is 11.1 Å². The molecule has 140 valence electrons. The van der Waals surface area contributed by atoms with Crippen LogP contribution in [0.4, 0.5) is 0 Å². The summed E-state index contributed by atoms with van der Waals surface area (Å²) in [5.41, 5.74) is 3.72.